The molecule has 2 aromatic carbocycles. The van der Waals surface area contributed by atoms with Crippen molar-refractivity contribution in [3.05, 3.63) is 52.6 Å². The first-order valence-corrected chi connectivity index (χ1v) is 10.0. The number of hydrogen-bond acceptors (Lipinski definition) is 8. The summed E-state index contributed by atoms with van der Waals surface area (Å²) in [7, 11) is 2.84. The summed E-state index contributed by atoms with van der Waals surface area (Å²) in [5.41, 5.74) is 0.374. The van der Waals surface area contributed by atoms with Crippen molar-refractivity contribution in [1.82, 2.24) is 0 Å². The zero-order valence-corrected chi connectivity index (χ0v) is 18.3. The summed E-state index contributed by atoms with van der Waals surface area (Å²) < 4.78 is 15.7. The molecule has 1 saturated heterocycles. The molecule has 1 aliphatic rings. The first-order chi connectivity index (χ1) is 15.7. The van der Waals surface area contributed by atoms with Crippen molar-refractivity contribution < 1.29 is 33.5 Å². The van der Waals surface area contributed by atoms with Crippen molar-refractivity contribution in [1.29, 1.82) is 0 Å². The van der Waals surface area contributed by atoms with Crippen molar-refractivity contribution in [2.45, 2.75) is 19.4 Å². The zero-order valence-electron chi connectivity index (χ0n) is 18.3. The highest BCUT2D eigenvalue weighted by atomic mass is 16.6. The monoisotopic (exact) mass is 457 g/mol. The Bertz CT molecular complexity index is 1090. The van der Waals surface area contributed by atoms with Gasteiger partial charge in [0.25, 0.3) is 11.6 Å². The fraction of sp³-hybridized carbons (Fsp3) is 0.318. The second kappa shape index (κ2) is 9.98. The number of rotatable bonds is 8. The van der Waals surface area contributed by atoms with Crippen LogP contribution in [0.4, 0.5) is 17.1 Å². The zero-order chi connectivity index (χ0) is 24.1. The summed E-state index contributed by atoms with van der Waals surface area (Å²) in [4.78, 5) is 49.5. The Morgan fingerprint density at radius 1 is 1.15 bits per heavy atom. The Balaban J connectivity index is 1.65. The van der Waals surface area contributed by atoms with Gasteiger partial charge in [-0.1, -0.05) is 12.1 Å². The Hall–Kier alpha value is -4.15. The van der Waals surface area contributed by atoms with Crippen LogP contribution >= 0.6 is 0 Å². The summed E-state index contributed by atoms with van der Waals surface area (Å²) in [6.45, 7) is 1.46. The van der Waals surface area contributed by atoms with E-state index in [1.165, 1.54) is 38.2 Å². The average molecular weight is 457 g/mol. The van der Waals surface area contributed by atoms with Crippen LogP contribution in [-0.4, -0.2) is 49.6 Å². The normalized spacial score (nSPS) is 16.2. The molecule has 2 amide bonds. The van der Waals surface area contributed by atoms with Crippen LogP contribution in [0.2, 0.25) is 0 Å². The molecule has 0 unspecified atom stereocenters. The molecule has 174 valence electrons. The van der Waals surface area contributed by atoms with E-state index in [0.717, 1.165) is 6.07 Å². The topological polar surface area (TPSA) is 137 Å². The van der Waals surface area contributed by atoms with Crippen LogP contribution < -0.4 is 19.7 Å². The highest BCUT2D eigenvalue weighted by Gasteiger charge is 2.38. The van der Waals surface area contributed by atoms with Gasteiger partial charge in [0, 0.05) is 25.1 Å². The lowest BCUT2D eigenvalue weighted by molar-refractivity contribution is -0.384. The summed E-state index contributed by atoms with van der Waals surface area (Å²) in [6, 6.07) is 10.7. The van der Waals surface area contributed by atoms with Crippen molar-refractivity contribution in [3.63, 3.8) is 0 Å². The number of hydrogen-bond donors (Lipinski definition) is 1. The molecule has 1 N–H and O–H groups in total. The van der Waals surface area contributed by atoms with E-state index in [2.05, 4.69) is 5.32 Å². The molecule has 2 atom stereocenters. The van der Waals surface area contributed by atoms with Crippen molar-refractivity contribution in [2.75, 3.05) is 31.0 Å². The van der Waals surface area contributed by atoms with Crippen LogP contribution in [0.1, 0.15) is 13.3 Å². The number of non-ortho nitro benzene ring substituents is 1. The second-order valence-corrected chi connectivity index (χ2v) is 7.29. The number of anilines is 2. The molecular weight excluding hydrogens is 434 g/mol. The molecule has 3 rings (SSSR count). The number of nitro benzene ring substituents is 1. The molecule has 1 heterocycles. The molecule has 33 heavy (non-hydrogen) atoms. The van der Waals surface area contributed by atoms with E-state index in [9.17, 15) is 24.5 Å². The predicted molar refractivity (Wildman–Crippen MR) is 117 cm³/mol. The molecule has 1 aliphatic heterocycles. The molecule has 1 fully saturated rings. The van der Waals surface area contributed by atoms with Gasteiger partial charge in [-0.25, -0.2) is 0 Å². The van der Waals surface area contributed by atoms with E-state index >= 15 is 0 Å². The number of amides is 2. The minimum atomic E-state index is -1.21. The van der Waals surface area contributed by atoms with Gasteiger partial charge in [0.15, 0.2) is 6.10 Å². The fourth-order valence-corrected chi connectivity index (χ4v) is 3.42. The highest BCUT2D eigenvalue weighted by molar-refractivity contribution is 6.01. The minimum Gasteiger partial charge on any atom is -0.495 e. The Kier molecular flexibility index (Phi) is 7.11. The maximum atomic E-state index is 12.6. The number of methoxy groups -OCH3 is 2. The number of para-hydroxylation sites is 2. The van der Waals surface area contributed by atoms with Crippen LogP contribution in [0.25, 0.3) is 0 Å². The number of ether oxygens (including phenoxy) is 3. The van der Waals surface area contributed by atoms with Crippen molar-refractivity contribution >= 4 is 34.8 Å². The van der Waals surface area contributed by atoms with Gasteiger partial charge in [-0.3, -0.25) is 24.5 Å². The van der Waals surface area contributed by atoms with E-state index in [1.807, 2.05) is 0 Å². The molecule has 11 nitrogen and oxygen atoms in total. The predicted octanol–water partition coefficient (Wildman–Crippen LogP) is 2.54. The largest absolute Gasteiger partial charge is 0.495 e. The van der Waals surface area contributed by atoms with Gasteiger partial charge >= 0.3 is 5.97 Å². The molecule has 0 aromatic heterocycles. The molecule has 0 radical (unpaired) electrons. The van der Waals surface area contributed by atoms with Gasteiger partial charge in [-0.05, 0) is 25.1 Å². The van der Waals surface area contributed by atoms with Gasteiger partial charge in [0.2, 0.25) is 5.91 Å². The maximum absolute atomic E-state index is 12.6. The van der Waals surface area contributed by atoms with Gasteiger partial charge < -0.3 is 24.4 Å². The van der Waals surface area contributed by atoms with Crippen LogP contribution in [-0.2, 0) is 19.1 Å². The van der Waals surface area contributed by atoms with E-state index in [0.29, 0.717) is 11.4 Å². The van der Waals surface area contributed by atoms with Gasteiger partial charge in [0.1, 0.15) is 11.5 Å². The number of nitrogens with zero attached hydrogens (tertiary/aromatic N) is 2. The summed E-state index contributed by atoms with van der Waals surface area (Å²) in [5, 5.41) is 13.5. The third-order valence-corrected chi connectivity index (χ3v) is 5.15. The third-order valence-electron chi connectivity index (χ3n) is 5.15. The number of carbonyl (C=O) groups is 3. The minimum absolute atomic E-state index is 0.0656. The fourth-order valence-electron chi connectivity index (χ4n) is 3.42. The lowest BCUT2D eigenvalue weighted by atomic mass is 10.1. The lowest BCUT2D eigenvalue weighted by Gasteiger charge is -2.20. The molecule has 11 heteroatoms. The number of carbonyl (C=O) groups excluding carboxylic acids is 3. The molecular formula is C22H23N3O8. The quantitative estimate of drug-likeness (QED) is 0.363. The first kappa shape index (κ1) is 23.5. The molecule has 0 aliphatic carbocycles. The SMILES string of the molecule is COc1ccc([N+](=O)[O-])cc1NC(=O)[C@@H](C)OC(=O)[C@H]1CC(=O)N(c2ccccc2OC)C1. The Labute approximate surface area is 189 Å². The van der Waals surface area contributed by atoms with Gasteiger partial charge in [-0.2, -0.15) is 0 Å². The number of benzene rings is 2. The number of nitro groups is 1. The maximum Gasteiger partial charge on any atom is 0.312 e. The summed E-state index contributed by atoms with van der Waals surface area (Å²) in [6.07, 6.45) is -1.28. The number of esters is 1. The lowest BCUT2D eigenvalue weighted by Crippen LogP contribution is -2.33. The standard InChI is InChI=1S/C22H23N3O8/c1-13(21(27)23-16-11-15(25(29)30)8-9-18(16)31-2)33-22(28)14-10-20(26)24(12-14)17-6-4-5-7-19(17)32-3/h4-9,11,13-14H,10,12H2,1-3H3,(H,23,27)/t13-,14+/m1/s1. The summed E-state index contributed by atoms with van der Waals surface area (Å²) in [5.74, 6) is -1.72. The third kappa shape index (κ3) is 5.20. The average Bonchev–Trinajstić information content (AvgIpc) is 3.20. The van der Waals surface area contributed by atoms with E-state index < -0.39 is 28.8 Å². The van der Waals surface area contributed by atoms with Crippen LogP contribution in [0, 0.1) is 16.0 Å². The van der Waals surface area contributed by atoms with Crippen molar-refractivity contribution in [3.8, 4) is 11.5 Å². The molecule has 2 aromatic rings. The highest BCUT2D eigenvalue weighted by Crippen LogP contribution is 2.33. The van der Waals surface area contributed by atoms with Crippen LogP contribution in [0.5, 0.6) is 11.5 Å². The Morgan fingerprint density at radius 2 is 1.85 bits per heavy atom. The van der Waals surface area contributed by atoms with Crippen LogP contribution in [0.15, 0.2) is 42.5 Å². The van der Waals surface area contributed by atoms with Crippen LogP contribution in [0.3, 0.4) is 0 Å². The second-order valence-electron chi connectivity index (χ2n) is 7.29. The van der Waals surface area contributed by atoms with Gasteiger partial charge in [-0.15, -0.1) is 0 Å². The summed E-state index contributed by atoms with van der Waals surface area (Å²) >= 11 is 0. The van der Waals surface area contributed by atoms with E-state index in [-0.39, 0.29) is 36.0 Å². The van der Waals surface area contributed by atoms with E-state index in [4.69, 9.17) is 14.2 Å². The molecule has 0 bridgehead atoms. The van der Waals surface area contributed by atoms with Crippen molar-refractivity contribution in [2.24, 2.45) is 5.92 Å². The Morgan fingerprint density at radius 3 is 2.52 bits per heavy atom. The molecule has 0 saturated carbocycles. The van der Waals surface area contributed by atoms with E-state index in [1.54, 1.807) is 24.3 Å². The number of nitrogens with one attached hydrogen (secondary N) is 1. The molecule has 0 spiro atoms. The van der Waals surface area contributed by atoms with Gasteiger partial charge in [0.05, 0.1) is 36.4 Å². The first-order valence-electron chi connectivity index (χ1n) is 10.0. The smallest absolute Gasteiger partial charge is 0.312 e.